The first-order valence-electron chi connectivity index (χ1n) is 6.52. The van der Waals surface area contributed by atoms with Crippen molar-refractivity contribution in [2.24, 2.45) is 0 Å². The summed E-state index contributed by atoms with van der Waals surface area (Å²) in [6, 6.07) is 0. The Morgan fingerprint density at radius 3 is 2.78 bits per heavy atom. The van der Waals surface area contributed by atoms with E-state index in [-0.39, 0.29) is 13.0 Å². The molecule has 1 aromatic heterocycles. The Labute approximate surface area is 127 Å². The van der Waals surface area contributed by atoms with Gasteiger partial charge in [-0.2, -0.15) is 13.2 Å². The molecule has 10 heteroatoms. The number of ether oxygens (including phenoxy) is 2. The molecule has 0 bridgehead atoms. The molecule has 3 atom stereocenters. The highest BCUT2D eigenvalue weighted by atomic mass is 19.4. The first-order valence-corrected chi connectivity index (χ1v) is 6.52. The predicted molar refractivity (Wildman–Crippen MR) is 70.5 cm³/mol. The zero-order valence-corrected chi connectivity index (χ0v) is 11.7. The molecule has 126 valence electrons. The van der Waals surface area contributed by atoms with E-state index < -0.39 is 48.0 Å². The van der Waals surface area contributed by atoms with Crippen LogP contribution in [0.3, 0.4) is 0 Å². The molecule has 0 radical (unpaired) electrons. The third-order valence-electron chi connectivity index (χ3n) is 3.32. The number of aromatic amines is 1. The van der Waals surface area contributed by atoms with Crippen molar-refractivity contribution < 1.29 is 27.8 Å². The van der Waals surface area contributed by atoms with Gasteiger partial charge in [-0.3, -0.25) is 14.3 Å². The number of aromatic nitrogens is 2. The number of nitrogens with zero attached hydrogens (tertiary/aromatic N) is 1. The van der Waals surface area contributed by atoms with E-state index in [9.17, 15) is 27.9 Å². The minimum absolute atomic E-state index is 0.00382. The number of nitrogens with one attached hydrogen (secondary N) is 1. The Morgan fingerprint density at radius 2 is 2.22 bits per heavy atom. The molecule has 7 nitrogen and oxygen atoms in total. The minimum atomic E-state index is -4.92. The first kappa shape index (κ1) is 17.3. The minimum Gasteiger partial charge on any atom is -0.394 e. The fourth-order valence-electron chi connectivity index (χ4n) is 2.27. The summed E-state index contributed by atoms with van der Waals surface area (Å²) >= 11 is 0. The van der Waals surface area contributed by atoms with Crippen molar-refractivity contribution in [2.45, 2.75) is 31.0 Å². The van der Waals surface area contributed by atoms with E-state index in [0.29, 0.717) is 10.8 Å². The first-order chi connectivity index (χ1) is 10.8. The zero-order chi connectivity index (χ0) is 17.2. The molecule has 0 aromatic carbocycles. The van der Waals surface area contributed by atoms with Gasteiger partial charge in [-0.25, -0.2) is 4.79 Å². The quantitative estimate of drug-likeness (QED) is 0.747. The summed E-state index contributed by atoms with van der Waals surface area (Å²) in [6.45, 7) is -0.540. The number of hydrogen-bond acceptors (Lipinski definition) is 5. The fraction of sp³-hybridized carbons (Fsp3) is 0.538. The number of alkyl halides is 3. The summed E-state index contributed by atoms with van der Waals surface area (Å²) in [4.78, 5) is 24.6. The molecule has 2 N–H and O–H groups in total. The molecule has 0 saturated carbocycles. The number of halogens is 3. The van der Waals surface area contributed by atoms with Crippen LogP contribution in [-0.2, 0) is 15.7 Å². The maximum absolute atomic E-state index is 12.8. The van der Waals surface area contributed by atoms with Crippen LogP contribution in [0.25, 0.3) is 0 Å². The normalized spacial score (nSPS) is 24.6. The standard InChI is InChI=1S/C13H13F3N2O5/c1-2-3-22-8-4-10(23-9(8)6-19)18-5-7(13(14,15)16)11(20)17-12(18)21/h1,5,8-10,19H,3-4,6H2,(H,17,20,21)/t8-,9+,10+/m0/s1. The van der Waals surface area contributed by atoms with E-state index >= 15 is 0 Å². The highest BCUT2D eigenvalue weighted by Gasteiger charge is 2.39. The summed E-state index contributed by atoms with van der Waals surface area (Å²) in [7, 11) is 0. The number of aliphatic hydroxyl groups is 1. The molecule has 2 heterocycles. The van der Waals surface area contributed by atoms with Gasteiger partial charge in [0.25, 0.3) is 5.56 Å². The van der Waals surface area contributed by atoms with Crippen LogP contribution in [0.5, 0.6) is 0 Å². The molecule has 0 aliphatic carbocycles. The number of rotatable bonds is 4. The number of hydrogen-bond donors (Lipinski definition) is 2. The lowest BCUT2D eigenvalue weighted by Crippen LogP contribution is -2.36. The fourth-order valence-corrected chi connectivity index (χ4v) is 2.27. The van der Waals surface area contributed by atoms with Gasteiger partial charge in [0.15, 0.2) is 0 Å². The topological polar surface area (TPSA) is 93.6 Å². The Kier molecular flexibility index (Phi) is 4.93. The predicted octanol–water partition coefficient (Wildman–Crippen LogP) is -0.146. The van der Waals surface area contributed by atoms with E-state index in [1.165, 1.54) is 0 Å². The smallest absolute Gasteiger partial charge is 0.394 e. The third kappa shape index (κ3) is 3.64. The average molecular weight is 334 g/mol. The molecular weight excluding hydrogens is 321 g/mol. The Balaban J connectivity index is 2.34. The highest BCUT2D eigenvalue weighted by Crippen LogP contribution is 2.31. The molecule has 1 aliphatic rings. The largest absolute Gasteiger partial charge is 0.423 e. The second-order valence-corrected chi connectivity index (χ2v) is 4.81. The van der Waals surface area contributed by atoms with E-state index in [4.69, 9.17) is 15.9 Å². The second kappa shape index (κ2) is 6.57. The van der Waals surface area contributed by atoms with Crippen LogP contribution < -0.4 is 11.2 Å². The van der Waals surface area contributed by atoms with Crippen LogP contribution in [0.15, 0.2) is 15.8 Å². The maximum atomic E-state index is 12.8. The summed E-state index contributed by atoms with van der Waals surface area (Å²) < 4.78 is 49.5. The van der Waals surface area contributed by atoms with Crippen LogP contribution in [0.4, 0.5) is 13.2 Å². The van der Waals surface area contributed by atoms with E-state index in [1.807, 2.05) is 0 Å². The van der Waals surface area contributed by atoms with E-state index in [2.05, 4.69) is 5.92 Å². The van der Waals surface area contributed by atoms with Crippen molar-refractivity contribution in [3.05, 3.63) is 32.6 Å². The summed E-state index contributed by atoms with van der Waals surface area (Å²) in [5.41, 5.74) is -4.10. The SMILES string of the molecule is C#CCO[C@H]1C[C@H](n2cc(C(F)(F)F)c(=O)[nH]c2=O)O[C@@H]1CO. The zero-order valence-electron chi connectivity index (χ0n) is 11.7. The Hall–Kier alpha value is -2.09. The molecule has 1 aromatic rings. The van der Waals surface area contributed by atoms with Crippen molar-refractivity contribution in [3.63, 3.8) is 0 Å². The van der Waals surface area contributed by atoms with E-state index in [0.717, 1.165) is 0 Å². The summed E-state index contributed by atoms with van der Waals surface area (Å²) in [5.74, 6) is 2.22. The van der Waals surface area contributed by atoms with Gasteiger partial charge in [-0.05, 0) is 0 Å². The van der Waals surface area contributed by atoms with Gasteiger partial charge in [0, 0.05) is 12.6 Å². The molecule has 0 amide bonds. The van der Waals surface area contributed by atoms with Gasteiger partial charge in [0.2, 0.25) is 0 Å². The lowest BCUT2D eigenvalue weighted by molar-refractivity contribution is -0.139. The van der Waals surface area contributed by atoms with Crippen LogP contribution in [0.2, 0.25) is 0 Å². The monoisotopic (exact) mass is 334 g/mol. The van der Waals surface area contributed by atoms with E-state index in [1.54, 1.807) is 4.98 Å². The van der Waals surface area contributed by atoms with Gasteiger partial charge in [0.1, 0.15) is 24.5 Å². The molecule has 1 saturated heterocycles. The van der Waals surface area contributed by atoms with Gasteiger partial charge in [-0.1, -0.05) is 5.92 Å². The average Bonchev–Trinajstić information content (AvgIpc) is 2.86. The van der Waals surface area contributed by atoms with Crippen molar-refractivity contribution in [3.8, 4) is 12.3 Å². The van der Waals surface area contributed by atoms with Crippen molar-refractivity contribution in [1.82, 2.24) is 9.55 Å². The Morgan fingerprint density at radius 1 is 1.52 bits per heavy atom. The molecule has 1 aliphatic heterocycles. The summed E-state index contributed by atoms with van der Waals surface area (Å²) in [6.07, 6.45) is -2.14. The van der Waals surface area contributed by atoms with Crippen molar-refractivity contribution in [2.75, 3.05) is 13.2 Å². The lowest BCUT2D eigenvalue weighted by atomic mass is 10.2. The van der Waals surface area contributed by atoms with Crippen LogP contribution in [0, 0.1) is 12.3 Å². The van der Waals surface area contributed by atoms with Gasteiger partial charge >= 0.3 is 11.9 Å². The van der Waals surface area contributed by atoms with Crippen molar-refractivity contribution >= 4 is 0 Å². The molecular formula is C13H13F3N2O5. The third-order valence-corrected chi connectivity index (χ3v) is 3.32. The van der Waals surface area contributed by atoms with Crippen LogP contribution >= 0.6 is 0 Å². The Bertz CT molecular complexity index is 718. The number of aliphatic hydroxyl groups excluding tert-OH is 1. The van der Waals surface area contributed by atoms with Gasteiger partial charge < -0.3 is 14.6 Å². The molecule has 23 heavy (non-hydrogen) atoms. The van der Waals surface area contributed by atoms with Crippen molar-refractivity contribution in [1.29, 1.82) is 0 Å². The summed E-state index contributed by atoms with van der Waals surface area (Å²) in [5, 5.41) is 9.22. The number of H-pyrrole nitrogens is 1. The molecule has 1 fully saturated rings. The molecule has 2 rings (SSSR count). The van der Waals surface area contributed by atoms with Crippen LogP contribution in [-0.4, -0.2) is 40.1 Å². The second-order valence-electron chi connectivity index (χ2n) is 4.81. The lowest BCUT2D eigenvalue weighted by Gasteiger charge is -2.16. The van der Waals surface area contributed by atoms with Crippen LogP contribution in [0.1, 0.15) is 18.2 Å². The molecule has 0 spiro atoms. The number of terminal acetylenes is 1. The highest BCUT2D eigenvalue weighted by molar-refractivity contribution is 5.09. The molecule has 0 unspecified atom stereocenters. The van der Waals surface area contributed by atoms with Gasteiger partial charge in [0.05, 0.1) is 12.7 Å². The maximum Gasteiger partial charge on any atom is 0.423 e. The van der Waals surface area contributed by atoms with Gasteiger partial charge in [-0.15, -0.1) is 6.42 Å².